The molecule has 0 atom stereocenters. The first-order valence-corrected chi connectivity index (χ1v) is 7.44. The van der Waals surface area contributed by atoms with Crippen molar-refractivity contribution in [1.82, 2.24) is 4.98 Å². The smallest absolute Gasteiger partial charge is 0.239 e. The van der Waals surface area contributed by atoms with Crippen molar-refractivity contribution in [1.29, 1.82) is 0 Å². The van der Waals surface area contributed by atoms with Crippen molar-refractivity contribution in [3.05, 3.63) is 41.5 Å². The normalized spacial score (nSPS) is 13.3. The lowest BCUT2D eigenvalue weighted by atomic mass is 10.1. The number of ether oxygens (including phenoxy) is 1. The fraction of sp³-hybridized carbons (Fsp3) is 0.353. The van der Waals surface area contributed by atoms with Gasteiger partial charge in [0.2, 0.25) is 5.88 Å². The molecule has 1 heterocycles. The van der Waals surface area contributed by atoms with E-state index in [1.807, 2.05) is 26.0 Å². The van der Waals surface area contributed by atoms with Crippen LogP contribution >= 0.6 is 0 Å². The summed E-state index contributed by atoms with van der Waals surface area (Å²) in [7, 11) is 0. The summed E-state index contributed by atoms with van der Waals surface area (Å²) in [6.07, 6.45) is 3.67. The second-order valence-corrected chi connectivity index (χ2v) is 5.72. The molecule has 110 valence electrons. The van der Waals surface area contributed by atoms with E-state index in [1.165, 1.54) is 30.4 Å². The third-order valence-electron chi connectivity index (χ3n) is 3.61. The maximum Gasteiger partial charge on any atom is 0.239 e. The largest absolute Gasteiger partial charge is 0.473 e. The number of benzene rings is 1. The standard InChI is InChI=1S/C17H21N3O/c1-11(2)21-17-15(18)8-9-16(20-17)19-14-7-6-12-4-3-5-13(12)10-14/h6-11H,3-5,18H2,1-2H3,(H,19,20). The first-order valence-electron chi connectivity index (χ1n) is 7.44. The van der Waals surface area contributed by atoms with Gasteiger partial charge in [0.15, 0.2) is 0 Å². The van der Waals surface area contributed by atoms with Gasteiger partial charge in [-0.2, -0.15) is 4.98 Å². The van der Waals surface area contributed by atoms with E-state index < -0.39 is 0 Å². The van der Waals surface area contributed by atoms with Gasteiger partial charge in [-0.15, -0.1) is 0 Å². The second-order valence-electron chi connectivity index (χ2n) is 5.72. The van der Waals surface area contributed by atoms with Gasteiger partial charge < -0.3 is 15.8 Å². The molecule has 21 heavy (non-hydrogen) atoms. The molecule has 3 rings (SSSR count). The average molecular weight is 283 g/mol. The Morgan fingerprint density at radius 1 is 1.14 bits per heavy atom. The van der Waals surface area contributed by atoms with Gasteiger partial charge in [0.25, 0.3) is 0 Å². The van der Waals surface area contributed by atoms with Gasteiger partial charge in [-0.3, -0.25) is 0 Å². The average Bonchev–Trinajstić information content (AvgIpc) is 2.89. The summed E-state index contributed by atoms with van der Waals surface area (Å²) in [6.45, 7) is 3.92. The first kappa shape index (κ1) is 13.7. The molecule has 0 amide bonds. The predicted molar refractivity (Wildman–Crippen MR) is 86.2 cm³/mol. The van der Waals surface area contributed by atoms with Crippen LogP contribution in [-0.2, 0) is 12.8 Å². The Labute approximate surface area is 125 Å². The second kappa shape index (κ2) is 5.64. The fourth-order valence-electron chi connectivity index (χ4n) is 2.64. The summed E-state index contributed by atoms with van der Waals surface area (Å²) in [5.74, 6) is 1.23. The minimum atomic E-state index is 0.0510. The zero-order chi connectivity index (χ0) is 14.8. The van der Waals surface area contributed by atoms with Crippen LogP contribution in [0.5, 0.6) is 5.88 Å². The molecular formula is C17H21N3O. The van der Waals surface area contributed by atoms with Crippen LogP contribution in [0.1, 0.15) is 31.4 Å². The van der Waals surface area contributed by atoms with Gasteiger partial charge in [-0.05, 0) is 68.5 Å². The van der Waals surface area contributed by atoms with Gasteiger partial charge in [-0.25, -0.2) is 0 Å². The zero-order valence-corrected chi connectivity index (χ0v) is 12.5. The Morgan fingerprint density at radius 3 is 2.76 bits per heavy atom. The minimum Gasteiger partial charge on any atom is -0.473 e. The third kappa shape index (κ3) is 3.10. The molecule has 1 aliphatic rings. The number of nitrogens with one attached hydrogen (secondary N) is 1. The summed E-state index contributed by atoms with van der Waals surface area (Å²) in [4.78, 5) is 4.44. The third-order valence-corrected chi connectivity index (χ3v) is 3.61. The molecule has 4 nitrogen and oxygen atoms in total. The van der Waals surface area contributed by atoms with Crippen molar-refractivity contribution in [2.45, 2.75) is 39.2 Å². The van der Waals surface area contributed by atoms with Crippen molar-refractivity contribution in [3.8, 4) is 5.88 Å². The summed E-state index contributed by atoms with van der Waals surface area (Å²) in [5.41, 5.74) is 10.4. The molecule has 1 aromatic heterocycles. The molecule has 0 fully saturated rings. The van der Waals surface area contributed by atoms with E-state index in [9.17, 15) is 0 Å². The molecule has 0 aliphatic heterocycles. The molecule has 0 unspecified atom stereocenters. The molecule has 3 N–H and O–H groups in total. The lowest BCUT2D eigenvalue weighted by Crippen LogP contribution is -2.09. The van der Waals surface area contributed by atoms with E-state index in [-0.39, 0.29) is 6.10 Å². The highest BCUT2D eigenvalue weighted by atomic mass is 16.5. The van der Waals surface area contributed by atoms with E-state index >= 15 is 0 Å². The van der Waals surface area contributed by atoms with Gasteiger partial charge in [-0.1, -0.05) is 6.07 Å². The predicted octanol–water partition coefficient (Wildman–Crippen LogP) is 3.68. The maximum absolute atomic E-state index is 5.89. The lowest BCUT2D eigenvalue weighted by Gasteiger charge is -2.13. The fourth-order valence-corrected chi connectivity index (χ4v) is 2.64. The number of hydrogen-bond donors (Lipinski definition) is 2. The molecule has 1 aliphatic carbocycles. The van der Waals surface area contributed by atoms with E-state index in [4.69, 9.17) is 10.5 Å². The number of nitrogen functional groups attached to an aromatic ring is 1. The van der Waals surface area contributed by atoms with Crippen LogP contribution in [0.4, 0.5) is 17.2 Å². The number of aromatic nitrogens is 1. The molecule has 0 spiro atoms. The summed E-state index contributed by atoms with van der Waals surface area (Å²) in [5, 5.41) is 3.33. The van der Waals surface area contributed by atoms with E-state index in [0.29, 0.717) is 11.6 Å². The van der Waals surface area contributed by atoms with Gasteiger partial charge in [0.1, 0.15) is 5.82 Å². The zero-order valence-electron chi connectivity index (χ0n) is 12.5. The monoisotopic (exact) mass is 283 g/mol. The van der Waals surface area contributed by atoms with Crippen LogP contribution in [-0.4, -0.2) is 11.1 Å². The first-order chi connectivity index (χ1) is 10.1. The molecule has 0 saturated heterocycles. The molecule has 0 saturated carbocycles. The Balaban J connectivity index is 1.81. The maximum atomic E-state index is 5.89. The number of anilines is 3. The molecular weight excluding hydrogens is 262 g/mol. The van der Waals surface area contributed by atoms with Crippen molar-refractivity contribution in [2.24, 2.45) is 0 Å². The Kier molecular flexibility index (Phi) is 3.69. The SMILES string of the molecule is CC(C)Oc1nc(Nc2ccc3c(c2)CCC3)ccc1N. The topological polar surface area (TPSA) is 60.2 Å². The van der Waals surface area contributed by atoms with Crippen LogP contribution in [0.25, 0.3) is 0 Å². The summed E-state index contributed by atoms with van der Waals surface area (Å²) >= 11 is 0. The molecule has 1 aromatic carbocycles. The number of fused-ring (bicyclic) bond motifs is 1. The molecule has 0 radical (unpaired) electrons. The molecule has 4 heteroatoms. The molecule has 2 aromatic rings. The van der Waals surface area contributed by atoms with Crippen LogP contribution < -0.4 is 15.8 Å². The number of nitrogens with zero attached hydrogens (tertiary/aromatic N) is 1. The van der Waals surface area contributed by atoms with Gasteiger partial charge >= 0.3 is 0 Å². The molecule has 0 bridgehead atoms. The van der Waals surface area contributed by atoms with E-state index in [1.54, 1.807) is 0 Å². The van der Waals surface area contributed by atoms with Gasteiger partial charge in [0, 0.05) is 5.69 Å². The van der Waals surface area contributed by atoms with Crippen LogP contribution in [0.3, 0.4) is 0 Å². The van der Waals surface area contributed by atoms with E-state index in [0.717, 1.165) is 11.5 Å². The lowest BCUT2D eigenvalue weighted by molar-refractivity contribution is 0.234. The van der Waals surface area contributed by atoms with E-state index in [2.05, 4.69) is 28.5 Å². The number of hydrogen-bond acceptors (Lipinski definition) is 4. The van der Waals surface area contributed by atoms with Gasteiger partial charge in [0.05, 0.1) is 11.8 Å². The highest BCUT2D eigenvalue weighted by molar-refractivity contribution is 5.62. The minimum absolute atomic E-state index is 0.0510. The Morgan fingerprint density at radius 2 is 1.95 bits per heavy atom. The highest BCUT2D eigenvalue weighted by Crippen LogP contribution is 2.28. The number of nitrogens with two attached hydrogens (primary N) is 1. The number of pyridine rings is 1. The van der Waals surface area contributed by atoms with Crippen LogP contribution in [0.15, 0.2) is 30.3 Å². The number of rotatable bonds is 4. The Hall–Kier alpha value is -2.23. The van der Waals surface area contributed by atoms with Crippen molar-refractivity contribution in [3.63, 3.8) is 0 Å². The summed E-state index contributed by atoms with van der Waals surface area (Å²) in [6, 6.07) is 10.2. The van der Waals surface area contributed by atoms with Crippen LogP contribution in [0.2, 0.25) is 0 Å². The quantitative estimate of drug-likeness (QED) is 0.898. The number of aryl methyl sites for hydroxylation is 2. The highest BCUT2D eigenvalue weighted by Gasteiger charge is 2.11. The van der Waals surface area contributed by atoms with Crippen molar-refractivity contribution in [2.75, 3.05) is 11.1 Å². The van der Waals surface area contributed by atoms with Crippen molar-refractivity contribution >= 4 is 17.2 Å². The van der Waals surface area contributed by atoms with Crippen molar-refractivity contribution < 1.29 is 4.74 Å². The Bertz CT molecular complexity index is 652. The van der Waals surface area contributed by atoms with Crippen LogP contribution in [0, 0.1) is 0 Å². The summed E-state index contributed by atoms with van der Waals surface area (Å²) < 4.78 is 5.62.